The monoisotopic (exact) mass is 259 g/mol. The second-order valence-corrected chi connectivity index (χ2v) is 3.84. The fourth-order valence-electron chi connectivity index (χ4n) is 1.99. The Morgan fingerprint density at radius 2 is 1.89 bits per heavy atom. The van der Waals surface area contributed by atoms with Crippen molar-refractivity contribution in [3.8, 4) is 11.5 Å². The van der Waals surface area contributed by atoms with E-state index in [9.17, 15) is 13.2 Å². The molecule has 0 saturated heterocycles. The summed E-state index contributed by atoms with van der Waals surface area (Å²) >= 11 is 0. The number of halogens is 3. The lowest BCUT2D eigenvalue weighted by atomic mass is 9.95. The van der Waals surface area contributed by atoms with E-state index in [0.717, 1.165) is 0 Å². The van der Waals surface area contributed by atoms with Gasteiger partial charge < -0.3 is 9.47 Å². The summed E-state index contributed by atoms with van der Waals surface area (Å²) in [6, 6.07) is 3.03. The highest BCUT2D eigenvalue weighted by atomic mass is 19.4. The molecular weight excluding hydrogens is 247 g/mol. The Hall–Kier alpha value is -1.72. The number of aliphatic imine (C=N–C) groups is 1. The molecule has 6 heteroatoms. The van der Waals surface area contributed by atoms with Gasteiger partial charge in [-0.1, -0.05) is 0 Å². The van der Waals surface area contributed by atoms with Crippen LogP contribution in [0.1, 0.15) is 11.1 Å². The van der Waals surface area contributed by atoms with Gasteiger partial charge in [0, 0.05) is 12.6 Å². The van der Waals surface area contributed by atoms with E-state index in [-0.39, 0.29) is 17.9 Å². The molecule has 18 heavy (non-hydrogen) atoms. The molecule has 1 aromatic rings. The van der Waals surface area contributed by atoms with Crippen molar-refractivity contribution in [2.75, 3.05) is 20.8 Å². The zero-order valence-corrected chi connectivity index (χ0v) is 9.97. The summed E-state index contributed by atoms with van der Waals surface area (Å²) in [5.41, 5.74) is -0.297. The number of hydrogen-bond acceptors (Lipinski definition) is 3. The minimum atomic E-state index is -4.48. The van der Waals surface area contributed by atoms with E-state index in [0.29, 0.717) is 17.7 Å². The van der Waals surface area contributed by atoms with E-state index < -0.39 is 11.9 Å². The first-order chi connectivity index (χ1) is 8.47. The van der Waals surface area contributed by atoms with Crippen LogP contribution in [-0.2, 0) is 6.42 Å². The van der Waals surface area contributed by atoms with E-state index in [1.807, 2.05) is 0 Å². The van der Waals surface area contributed by atoms with Crippen molar-refractivity contribution in [3.63, 3.8) is 0 Å². The van der Waals surface area contributed by atoms with E-state index in [4.69, 9.17) is 9.47 Å². The quantitative estimate of drug-likeness (QED) is 0.817. The molecule has 1 aliphatic rings. The lowest BCUT2D eigenvalue weighted by Gasteiger charge is -2.22. The number of benzene rings is 1. The number of methoxy groups -OCH3 is 2. The van der Waals surface area contributed by atoms with Crippen LogP contribution in [0.2, 0.25) is 0 Å². The molecule has 1 aliphatic heterocycles. The summed E-state index contributed by atoms with van der Waals surface area (Å²) in [5, 5.41) is 0. The minimum Gasteiger partial charge on any atom is -0.497 e. The molecule has 0 aliphatic carbocycles. The molecule has 0 saturated carbocycles. The number of nitrogens with zero attached hydrogens (tertiary/aromatic N) is 1. The minimum absolute atomic E-state index is 0.0250. The third kappa shape index (κ3) is 2.14. The van der Waals surface area contributed by atoms with Crippen LogP contribution in [0.15, 0.2) is 17.1 Å². The summed E-state index contributed by atoms with van der Waals surface area (Å²) in [6.07, 6.45) is -4.03. The van der Waals surface area contributed by atoms with Gasteiger partial charge in [0.15, 0.2) is 5.71 Å². The Balaban J connectivity index is 2.62. The zero-order valence-electron chi connectivity index (χ0n) is 9.97. The topological polar surface area (TPSA) is 30.8 Å². The van der Waals surface area contributed by atoms with Crippen molar-refractivity contribution in [1.29, 1.82) is 0 Å². The summed E-state index contributed by atoms with van der Waals surface area (Å²) in [5.74, 6) is 0.620. The SMILES string of the molecule is COc1cc2c(c(OC)c1)C(C(F)(F)F)=NCC2. The highest BCUT2D eigenvalue weighted by molar-refractivity contribution is 6.08. The largest absolute Gasteiger partial charge is 0.497 e. The summed E-state index contributed by atoms with van der Waals surface area (Å²) in [7, 11) is 2.79. The maximum Gasteiger partial charge on any atom is 0.433 e. The lowest BCUT2D eigenvalue weighted by molar-refractivity contribution is -0.0585. The van der Waals surface area contributed by atoms with Gasteiger partial charge in [-0.2, -0.15) is 13.2 Å². The smallest absolute Gasteiger partial charge is 0.433 e. The molecule has 3 nitrogen and oxygen atoms in total. The third-order valence-corrected chi connectivity index (χ3v) is 2.77. The average molecular weight is 259 g/mol. The molecule has 0 unspecified atom stereocenters. The molecule has 1 heterocycles. The molecule has 98 valence electrons. The molecule has 1 aromatic carbocycles. The second-order valence-electron chi connectivity index (χ2n) is 3.84. The maximum atomic E-state index is 12.9. The second kappa shape index (κ2) is 4.51. The molecule has 0 atom stereocenters. The third-order valence-electron chi connectivity index (χ3n) is 2.77. The number of alkyl halides is 3. The van der Waals surface area contributed by atoms with Crippen LogP contribution in [0.3, 0.4) is 0 Å². The normalized spacial score (nSPS) is 14.8. The van der Waals surface area contributed by atoms with Crippen LogP contribution in [0.25, 0.3) is 0 Å². The van der Waals surface area contributed by atoms with Crippen molar-refractivity contribution in [2.45, 2.75) is 12.6 Å². The highest BCUT2D eigenvalue weighted by Crippen LogP contribution is 2.36. The molecule has 0 spiro atoms. The standard InChI is InChI=1S/C12H12F3NO2/c1-17-8-5-7-3-4-16-11(12(13,14)15)10(7)9(6-8)18-2/h5-6H,3-4H2,1-2H3. The van der Waals surface area contributed by atoms with Gasteiger partial charge in [0.1, 0.15) is 11.5 Å². The van der Waals surface area contributed by atoms with E-state index in [1.165, 1.54) is 20.3 Å². The van der Waals surface area contributed by atoms with Gasteiger partial charge in [0.05, 0.1) is 19.8 Å². The van der Waals surface area contributed by atoms with Gasteiger partial charge in [-0.25, -0.2) is 0 Å². The summed E-state index contributed by atoms with van der Waals surface area (Å²) in [6.45, 7) is 0.123. The van der Waals surface area contributed by atoms with Crippen molar-refractivity contribution >= 4 is 5.71 Å². The first-order valence-corrected chi connectivity index (χ1v) is 5.34. The van der Waals surface area contributed by atoms with Crippen LogP contribution in [0.5, 0.6) is 11.5 Å². The van der Waals surface area contributed by atoms with Gasteiger partial charge >= 0.3 is 6.18 Å². The lowest BCUT2D eigenvalue weighted by Crippen LogP contribution is -2.29. The average Bonchev–Trinajstić information content (AvgIpc) is 2.35. The molecule has 0 fully saturated rings. The number of rotatable bonds is 2. The Morgan fingerprint density at radius 1 is 1.17 bits per heavy atom. The summed E-state index contributed by atoms with van der Waals surface area (Å²) in [4.78, 5) is 3.58. The Kier molecular flexibility index (Phi) is 3.19. The van der Waals surface area contributed by atoms with Gasteiger partial charge in [0.2, 0.25) is 0 Å². The first-order valence-electron chi connectivity index (χ1n) is 5.34. The number of fused-ring (bicyclic) bond motifs is 1. The predicted octanol–water partition coefficient (Wildman–Crippen LogP) is 2.61. The molecule has 0 N–H and O–H groups in total. The Labute approximate surface area is 102 Å². The van der Waals surface area contributed by atoms with Gasteiger partial charge in [0.25, 0.3) is 0 Å². The predicted molar refractivity (Wildman–Crippen MR) is 60.7 cm³/mol. The molecular formula is C12H12F3NO2. The van der Waals surface area contributed by atoms with Crippen molar-refractivity contribution < 1.29 is 22.6 Å². The van der Waals surface area contributed by atoms with Crippen molar-refractivity contribution in [2.24, 2.45) is 4.99 Å². The van der Waals surface area contributed by atoms with Crippen LogP contribution in [0.4, 0.5) is 13.2 Å². The van der Waals surface area contributed by atoms with Gasteiger partial charge in [-0.15, -0.1) is 0 Å². The van der Waals surface area contributed by atoms with Crippen LogP contribution >= 0.6 is 0 Å². The molecule has 0 radical (unpaired) electrons. The number of hydrogen-bond donors (Lipinski definition) is 0. The Bertz CT molecular complexity index is 495. The van der Waals surface area contributed by atoms with Crippen LogP contribution < -0.4 is 9.47 Å². The van der Waals surface area contributed by atoms with Gasteiger partial charge in [-0.05, 0) is 18.1 Å². The van der Waals surface area contributed by atoms with Crippen LogP contribution in [0, 0.1) is 0 Å². The van der Waals surface area contributed by atoms with E-state index in [2.05, 4.69) is 4.99 Å². The molecule has 0 amide bonds. The van der Waals surface area contributed by atoms with Crippen molar-refractivity contribution in [3.05, 3.63) is 23.3 Å². The van der Waals surface area contributed by atoms with Crippen molar-refractivity contribution in [1.82, 2.24) is 0 Å². The first kappa shape index (κ1) is 12.7. The molecule has 2 rings (SSSR count). The fraction of sp³-hybridized carbons (Fsp3) is 0.417. The summed E-state index contributed by atoms with van der Waals surface area (Å²) < 4.78 is 48.8. The zero-order chi connectivity index (χ0) is 13.3. The molecule has 0 aromatic heterocycles. The van der Waals surface area contributed by atoms with E-state index >= 15 is 0 Å². The van der Waals surface area contributed by atoms with E-state index in [1.54, 1.807) is 6.07 Å². The highest BCUT2D eigenvalue weighted by Gasteiger charge is 2.40. The van der Waals surface area contributed by atoms with Gasteiger partial charge in [-0.3, -0.25) is 4.99 Å². The molecule has 0 bridgehead atoms. The maximum absolute atomic E-state index is 12.9. The Morgan fingerprint density at radius 3 is 2.44 bits per heavy atom. The fourth-order valence-corrected chi connectivity index (χ4v) is 1.99. The number of ether oxygens (including phenoxy) is 2. The van der Waals surface area contributed by atoms with Crippen LogP contribution in [-0.4, -0.2) is 32.7 Å².